The molecule has 0 aliphatic heterocycles. The maximum atomic E-state index is 12.4. The van der Waals surface area contributed by atoms with E-state index in [1.807, 2.05) is 43.0 Å². The van der Waals surface area contributed by atoms with Gasteiger partial charge in [-0.15, -0.1) is 0 Å². The molecule has 104 valence electrons. The van der Waals surface area contributed by atoms with Crippen LogP contribution in [0.25, 0.3) is 0 Å². The van der Waals surface area contributed by atoms with Crippen LogP contribution in [0.15, 0.2) is 24.3 Å². The molecule has 0 bridgehead atoms. The zero-order chi connectivity index (χ0) is 14.0. The Kier molecular flexibility index (Phi) is 4.13. The second kappa shape index (κ2) is 5.64. The fourth-order valence-corrected chi connectivity index (χ4v) is 2.29. The molecule has 1 aliphatic carbocycles. The van der Waals surface area contributed by atoms with E-state index in [2.05, 4.69) is 13.8 Å². The summed E-state index contributed by atoms with van der Waals surface area (Å²) in [7, 11) is 0. The van der Waals surface area contributed by atoms with Crippen molar-refractivity contribution in [3.8, 4) is 5.75 Å². The van der Waals surface area contributed by atoms with Gasteiger partial charge in [-0.25, -0.2) is 0 Å². The first-order valence-electron chi connectivity index (χ1n) is 7.04. The fraction of sp³-hybridized carbons (Fsp3) is 0.562. The number of nitrogens with zero attached hydrogens (tertiary/aromatic N) is 1. The first kappa shape index (κ1) is 13.9. The molecule has 0 spiro atoms. The van der Waals surface area contributed by atoms with E-state index in [4.69, 9.17) is 4.74 Å². The molecule has 1 aliphatic rings. The fourth-order valence-electron chi connectivity index (χ4n) is 2.29. The van der Waals surface area contributed by atoms with Crippen LogP contribution in [-0.2, 0) is 4.79 Å². The summed E-state index contributed by atoms with van der Waals surface area (Å²) < 4.78 is 5.75. The molecule has 1 unspecified atom stereocenters. The predicted octanol–water partition coefficient (Wildman–Crippen LogP) is 3.16. The topological polar surface area (TPSA) is 29.5 Å². The van der Waals surface area contributed by atoms with Crippen LogP contribution < -0.4 is 4.74 Å². The maximum absolute atomic E-state index is 12.4. The predicted molar refractivity (Wildman–Crippen MR) is 76.3 cm³/mol. The van der Waals surface area contributed by atoms with Gasteiger partial charge in [0.1, 0.15) is 5.75 Å². The summed E-state index contributed by atoms with van der Waals surface area (Å²) in [5.41, 5.74) is 1.19. The summed E-state index contributed by atoms with van der Waals surface area (Å²) in [6, 6.07) is 8.48. The van der Waals surface area contributed by atoms with Crippen molar-refractivity contribution in [2.45, 2.75) is 58.7 Å². The van der Waals surface area contributed by atoms with Gasteiger partial charge in [0.15, 0.2) is 6.10 Å². The van der Waals surface area contributed by atoms with Crippen molar-refractivity contribution < 1.29 is 9.53 Å². The molecular weight excluding hydrogens is 238 g/mol. The number of benzene rings is 1. The van der Waals surface area contributed by atoms with Gasteiger partial charge in [0.05, 0.1) is 0 Å². The molecule has 1 saturated carbocycles. The molecule has 1 aromatic rings. The van der Waals surface area contributed by atoms with Crippen molar-refractivity contribution >= 4 is 5.91 Å². The molecule has 3 heteroatoms. The molecule has 1 atom stereocenters. The minimum absolute atomic E-state index is 0.0954. The van der Waals surface area contributed by atoms with E-state index in [-0.39, 0.29) is 11.9 Å². The maximum Gasteiger partial charge on any atom is 0.263 e. The molecule has 0 radical (unpaired) electrons. The molecule has 1 amide bonds. The van der Waals surface area contributed by atoms with Crippen LogP contribution in [0.5, 0.6) is 5.75 Å². The first-order chi connectivity index (χ1) is 8.99. The molecule has 1 aromatic carbocycles. The Bertz CT molecular complexity index is 433. The van der Waals surface area contributed by atoms with Crippen LogP contribution in [0, 0.1) is 6.92 Å². The lowest BCUT2D eigenvalue weighted by Gasteiger charge is -2.29. The molecule has 2 rings (SSSR count). The normalized spacial score (nSPS) is 16.3. The second-order valence-electron chi connectivity index (χ2n) is 5.64. The van der Waals surface area contributed by atoms with Gasteiger partial charge in [0.2, 0.25) is 0 Å². The van der Waals surface area contributed by atoms with Crippen molar-refractivity contribution in [1.82, 2.24) is 4.90 Å². The smallest absolute Gasteiger partial charge is 0.263 e. The number of hydrogen-bond donors (Lipinski definition) is 0. The third-order valence-corrected chi connectivity index (χ3v) is 3.43. The highest BCUT2D eigenvalue weighted by Crippen LogP contribution is 2.29. The van der Waals surface area contributed by atoms with E-state index < -0.39 is 6.10 Å². The highest BCUT2D eigenvalue weighted by atomic mass is 16.5. The van der Waals surface area contributed by atoms with Crippen LogP contribution in [0.3, 0.4) is 0 Å². The lowest BCUT2D eigenvalue weighted by Crippen LogP contribution is -2.45. The third kappa shape index (κ3) is 3.49. The van der Waals surface area contributed by atoms with E-state index in [1.165, 1.54) is 5.56 Å². The molecule has 0 heterocycles. The number of ether oxygens (including phenoxy) is 1. The minimum Gasteiger partial charge on any atom is -0.481 e. The molecule has 1 fully saturated rings. The van der Waals surface area contributed by atoms with Gasteiger partial charge in [0.25, 0.3) is 5.91 Å². The number of amides is 1. The first-order valence-corrected chi connectivity index (χ1v) is 7.04. The van der Waals surface area contributed by atoms with Crippen molar-refractivity contribution in [3.63, 3.8) is 0 Å². The van der Waals surface area contributed by atoms with E-state index in [1.54, 1.807) is 0 Å². The Hall–Kier alpha value is -1.51. The minimum atomic E-state index is -0.425. The van der Waals surface area contributed by atoms with Crippen molar-refractivity contribution in [1.29, 1.82) is 0 Å². The van der Waals surface area contributed by atoms with E-state index in [9.17, 15) is 4.79 Å². The Balaban J connectivity index is 2.00. The Morgan fingerprint density at radius 1 is 1.21 bits per heavy atom. The Morgan fingerprint density at radius 2 is 1.79 bits per heavy atom. The quantitative estimate of drug-likeness (QED) is 0.815. The molecule has 3 nitrogen and oxygen atoms in total. The van der Waals surface area contributed by atoms with Crippen LogP contribution in [0.4, 0.5) is 0 Å². The number of aryl methyl sites for hydroxylation is 1. The molecule has 0 aromatic heterocycles. The standard InChI is InChI=1S/C16H23NO2/c1-11(2)17(14-7-8-14)16(18)13(4)19-15-9-5-12(3)6-10-15/h5-6,9-11,13-14H,7-8H2,1-4H3. The average Bonchev–Trinajstić information content (AvgIpc) is 3.16. The highest BCUT2D eigenvalue weighted by Gasteiger charge is 2.36. The van der Waals surface area contributed by atoms with E-state index >= 15 is 0 Å². The van der Waals surface area contributed by atoms with Crippen molar-refractivity contribution in [2.24, 2.45) is 0 Å². The van der Waals surface area contributed by atoms with E-state index in [0.717, 1.165) is 18.6 Å². The summed E-state index contributed by atoms with van der Waals surface area (Å²) in [5, 5.41) is 0. The monoisotopic (exact) mass is 261 g/mol. The number of rotatable bonds is 5. The zero-order valence-corrected chi connectivity index (χ0v) is 12.2. The summed E-state index contributed by atoms with van der Waals surface area (Å²) in [4.78, 5) is 14.4. The largest absolute Gasteiger partial charge is 0.481 e. The Labute approximate surface area is 115 Å². The lowest BCUT2D eigenvalue weighted by molar-refractivity contribution is -0.140. The molecular formula is C16H23NO2. The summed E-state index contributed by atoms with van der Waals surface area (Å²) in [6.45, 7) is 8.00. The zero-order valence-electron chi connectivity index (χ0n) is 12.2. The van der Waals surface area contributed by atoms with Gasteiger partial charge in [-0.1, -0.05) is 17.7 Å². The summed E-state index contributed by atoms with van der Waals surface area (Å²) in [6.07, 6.45) is 1.83. The summed E-state index contributed by atoms with van der Waals surface area (Å²) in [5.74, 6) is 0.851. The summed E-state index contributed by atoms with van der Waals surface area (Å²) >= 11 is 0. The van der Waals surface area contributed by atoms with Gasteiger partial charge in [0, 0.05) is 12.1 Å². The van der Waals surface area contributed by atoms with Crippen LogP contribution in [0.1, 0.15) is 39.2 Å². The number of carbonyl (C=O) groups excluding carboxylic acids is 1. The third-order valence-electron chi connectivity index (χ3n) is 3.43. The lowest BCUT2D eigenvalue weighted by atomic mass is 10.2. The van der Waals surface area contributed by atoms with Gasteiger partial charge in [-0.3, -0.25) is 4.79 Å². The van der Waals surface area contributed by atoms with Gasteiger partial charge < -0.3 is 9.64 Å². The van der Waals surface area contributed by atoms with Crippen molar-refractivity contribution in [3.05, 3.63) is 29.8 Å². The van der Waals surface area contributed by atoms with E-state index in [0.29, 0.717) is 6.04 Å². The van der Waals surface area contributed by atoms with Gasteiger partial charge >= 0.3 is 0 Å². The molecule has 0 saturated heterocycles. The SMILES string of the molecule is Cc1ccc(OC(C)C(=O)N(C(C)C)C2CC2)cc1. The van der Waals surface area contributed by atoms with Gasteiger partial charge in [-0.2, -0.15) is 0 Å². The molecule has 19 heavy (non-hydrogen) atoms. The second-order valence-corrected chi connectivity index (χ2v) is 5.64. The highest BCUT2D eigenvalue weighted by molar-refractivity contribution is 5.81. The van der Waals surface area contributed by atoms with Crippen LogP contribution in [0.2, 0.25) is 0 Å². The number of hydrogen-bond acceptors (Lipinski definition) is 2. The van der Waals surface area contributed by atoms with Crippen molar-refractivity contribution in [2.75, 3.05) is 0 Å². The van der Waals surface area contributed by atoms with Crippen LogP contribution >= 0.6 is 0 Å². The van der Waals surface area contributed by atoms with Crippen LogP contribution in [-0.4, -0.2) is 29.0 Å². The Morgan fingerprint density at radius 3 is 2.26 bits per heavy atom. The average molecular weight is 261 g/mol. The molecule has 0 N–H and O–H groups in total. The van der Waals surface area contributed by atoms with Gasteiger partial charge in [-0.05, 0) is 52.7 Å². The number of carbonyl (C=O) groups is 1.